The monoisotopic (exact) mass is 368 g/mol. The average Bonchev–Trinajstić information content (AvgIpc) is 2.59. The summed E-state index contributed by atoms with van der Waals surface area (Å²) in [7, 11) is 0. The smallest absolute Gasteiger partial charge is 0.352 e. The zero-order chi connectivity index (χ0) is 19.2. The SMILES string of the molecule is O=C(CCc1ccc(F)cc1)NCc1ccccc1NC(=O)C(F)(F)F. The lowest BCUT2D eigenvalue weighted by Crippen LogP contribution is -2.31. The number of hydrogen-bond donors (Lipinski definition) is 2. The minimum atomic E-state index is -4.99. The molecule has 0 unspecified atom stereocenters. The molecule has 0 aromatic heterocycles. The van der Waals surface area contributed by atoms with Gasteiger partial charge in [0.15, 0.2) is 0 Å². The normalized spacial score (nSPS) is 11.1. The van der Waals surface area contributed by atoms with Crippen LogP contribution < -0.4 is 10.6 Å². The molecule has 0 heterocycles. The number of benzene rings is 2. The molecule has 0 bridgehead atoms. The van der Waals surface area contributed by atoms with Crippen molar-refractivity contribution in [3.05, 3.63) is 65.5 Å². The zero-order valence-corrected chi connectivity index (χ0v) is 13.6. The van der Waals surface area contributed by atoms with E-state index in [1.807, 2.05) is 0 Å². The van der Waals surface area contributed by atoms with Crippen LogP contribution in [-0.2, 0) is 22.6 Å². The largest absolute Gasteiger partial charge is 0.471 e. The molecular weight excluding hydrogens is 352 g/mol. The lowest BCUT2D eigenvalue weighted by Gasteiger charge is -2.13. The van der Waals surface area contributed by atoms with Crippen molar-refractivity contribution in [2.45, 2.75) is 25.6 Å². The van der Waals surface area contributed by atoms with E-state index in [1.165, 1.54) is 30.3 Å². The second-order valence-corrected chi connectivity index (χ2v) is 5.51. The molecule has 2 aromatic rings. The van der Waals surface area contributed by atoms with Crippen LogP contribution in [0.5, 0.6) is 0 Å². The highest BCUT2D eigenvalue weighted by Crippen LogP contribution is 2.21. The summed E-state index contributed by atoms with van der Waals surface area (Å²) in [6.07, 6.45) is -4.45. The molecule has 2 N–H and O–H groups in total. The standard InChI is InChI=1S/C18H16F4N2O2/c19-14-8-5-12(6-9-14)7-10-16(25)23-11-13-3-1-2-4-15(13)24-17(26)18(20,21)22/h1-6,8-9H,7,10-11H2,(H,23,25)(H,24,26). The first kappa shape index (κ1) is 19.4. The number of anilines is 1. The highest BCUT2D eigenvalue weighted by atomic mass is 19.4. The zero-order valence-electron chi connectivity index (χ0n) is 13.6. The Balaban J connectivity index is 1.89. The molecule has 0 aliphatic carbocycles. The van der Waals surface area contributed by atoms with Crippen LogP contribution in [0.1, 0.15) is 17.5 Å². The fourth-order valence-corrected chi connectivity index (χ4v) is 2.18. The van der Waals surface area contributed by atoms with Gasteiger partial charge in [-0.15, -0.1) is 0 Å². The molecule has 8 heteroatoms. The second kappa shape index (κ2) is 8.46. The third-order valence-corrected chi connectivity index (χ3v) is 3.55. The first-order valence-electron chi connectivity index (χ1n) is 7.73. The highest BCUT2D eigenvalue weighted by Gasteiger charge is 2.38. The molecule has 0 fully saturated rings. The van der Waals surface area contributed by atoms with E-state index in [1.54, 1.807) is 23.5 Å². The van der Waals surface area contributed by atoms with Crippen molar-refractivity contribution in [1.82, 2.24) is 5.32 Å². The van der Waals surface area contributed by atoms with E-state index in [0.29, 0.717) is 12.0 Å². The van der Waals surface area contributed by atoms with E-state index >= 15 is 0 Å². The lowest BCUT2D eigenvalue weighted by molar-refractivity contribution is -0.167. The summed E-state index contributed by atoms with van der Waals surface area (Å²) in [5, 5.41) is 4.37. The van der Waals surface area contributed by atoms with Gasteiger partial charge in [-0.3, -0.25) is 9.59 Å². The number of carbonyl (C=O) groups excluding carboxylic acids is 2. The number of nitrogens with one attached hydrogen (secondary N) is 2. The van der Waals surface area contributed by atoms with E-state index in [4.69, 9.17) is 0 Å². The van der Waals surface area contributed by atoms with Gasteiger partial charge in [0, 0.05) is 18.7 Å². The first-order valence-corrected chi connectivity index (χ1v) is 7.73. The molecule has 2 aromatic carbocycles. The molecule has 26 heavy (non-hydrogen) atoms. The molecule has 2 amide bonds. The summed E-state index contributed by atoms with van der Waals surface area (Å²) in [5.74, 6) is -2.76. The third-order valence-electron chi connectivity index (χ3n) is 3.55. The number of rotatable bonds is 6. The van der Waals surface area contributed by atoms with Crippen LogP contribution in [0.25, 0.3) is 0 Å². The Hall–Kier alpha value is -2.90. The molecule has 138 valence electrons. The van der Waals surface area contributed by atoms with Gasteiger partial charge in [0.05, 0.1) is 0 Å². The Labute approximate surface area is 147 Å². The van der Waals surface area contributed by atoms with Crippen molar-refractivity contribution in [3.63, 3.8) is 0 Å². The number of halogens is 4. The molecule has 0 spiro atoms. The topological polar surface area (TPSA) is 58.2 Å². The van der Waals surface area contributed by atoms with E-state index in [2.05, 4.69) is 5.32 Å². The van der Waals surface area contributed by atoms with Crippen molar-refractivity contribution in [2.75, 3.05) is 5.32 Å². The first-order chi connectivity index (χ1) is 12.3. The molecule has 0 saturated heterocycles. The summed E-state index contributed by atoms with van der Waals surface area (Å²) in [6.45, 7) is -0.0312. The van der Waals surface area contributed by atoms with Crippen LogP contribution in [0, 0.1) is 5.82 Å². The Morgan fingerprint density at radius 2 is 1.62 bits per heavy atom. The Kier molecular flexibility index (Phi) is 6.32. The fraction of sp³-hybridized carbons (Fsp3) is 0.222. The van der Waals surface area contributed by atoms with Crippen molar-refractivity contribution >= 4 is 17.5 Å². The van der Waals surface area contributed by atoms with Gasteiger partial charge in [0.25, 0.3) is 0 Å². The Morgan fingerprint density at radius 1 is 0.962 bits per heavy atom. The van der Waals surface area contributed by atoms with Gasteiger partial charge in [-0.25, -0.2) is 4.39 Å². The van der Waals surface area contributed by atoms with E-state index in [9.17, 15) is 27.2 Å². The highest BCUT2D eigenvalue weighted by molar-refractivity contribution is 5.95. The van der Waals surface area contributed by atoms with Gasteiger partial charge in [0.1, 0.15) is 5.82 Å². The van der Waals surface area contributed by atoms with Crippen LogP contribution in [0.2, 0.25) is 0 Å². The van der Waals surface area contributed by atoms with Crippen LogP contribution in [0.3, 0.4) is 0 Å². The van der Waals surface area contributed by atoms with E-state index in [0.717, 1.165) is 5.56 Å². The number of carbonyl (C=O) groups is 2. The van der Waals surface area contributed by atoms with Crippen LogP contribution in [-0.4, -0.2) is 18.0 Å². The van der Waals surface area contributed by atoms with Gasteiger partial charge < -0.3 is 10.6 Å². The summed E-state index contributed by atoms with van der Waals surface area (Å²) in [4.78, 5) is 23.0. The maximum absolute atomic E-state index is 12.8. The van der Waals surface area contributed by atoms with Gasteiger partial charge in [-0.1, -0.05) is 30.3 Å². The summed E-state index contributed by atoms with van der Waals surface area (Å²) >= 11 is 0. The minimum Gasteiger partial charge on any atom is -0.352 e. The molecule has 2 rings (SSSR count). The van der Waals surface area contributed by atoms with E-state index in [-0.39, 0.29) is 30.4 Å². The summed E-state index contributed by atoms with van der Waals surface area (Å²) in [5.41, 5.74) is 1.12. The third kappa shape index (κ3) is 5.87. The van der Waals surface area contributed by atoms with Crippen molar-refractivity contribution in [2.24, 2.45) is 0 Å². The van der Waals surface area contributed by atoms with Gasteiger partial charge in [0.2, 0.25) is 5.91 Å². The van der Waals surface area contributed by atoms with Crippen LogP contribution >= 0.6 is 0 Å². The summed E-state index contributed by atoms with van der Waals surface area (Å²) < 4.78 is 49.9. The number of amides is 2. The molecule has 0 saturated carbocycles. The predicted octanol–water partition coefficient (Wildman–Crippen LogP) is 3.58. The Bertz CT molecular complexity index is 774. The molecular formula is C18H16F4N2O2. The number of aryl methyl sites for hydroxylation is 1. The minimum absolute atomic E-state index is 0.0198. The second-order valence-electron chi connectivity index (χ2n) is 5.51. The van der Waals surface area contributed by atoms with Gasteiger partial charge in [-0.05, 0) is 35.7 Å². The van der Waals surface area contributed by atoms with Crippen molar-refractivity contribution < 1.29 is 27.2 Å². The summed E-state index contributed by atoms with van der Waals surface area (Å²) in [6, 6.07) is 11.6. The lowest BCUT2D eigenvalue weighted by atomic mass is 10.1. The Morgan fingerprint density at radius 3 is 2.27 bits per heavy atom. The quantitative estimate of drug-likeness (QED) is 0.766. The molecule has 0 radical (unpaired) electrons. The van der Waals surface area contributed by atoms with E-state index < -0.39 is 12.1 Å². The van der Waals surface area contributed by atoms with Crippen LogP contribution in [0.15, 0.2) is 48.5 Å². The molecule has 0 aliphatic heterocycles. The predicted molar refractivity (Wildman–Crippen MR) is 87.7 cm³/mol. The number of alkyl halides is 3. The molecule has 0 aliphatic rings. The molecule has 0 atom stereocenters. The molecule has 4 nitrogen and oxygen atoms in total. The van der Waals surface area contributed by atoms with Crippen molar-refractivity contribution in [1.29, 1.82) is 0 Å². The fourth-order valence-electron chi connectivity index (χ4n) is 2.18. The maximum Gasteiger partial charge on any atom is 0.471 e. The number of para-hydroxylation sites is 1. The van der Waals surface area contributed by atoms with Crippen molar-refractivity contribution in [3.8, 4) is 0 Å². The number of hydrogen-bond acceptors (Lipinski definition) is 2. The van der Waals surface area contributed by atoms with Gasteiger partial charge in [-0.2, -0.15) is 13.2 Å². The average molecular weight is 368 g/mol. The van der Waals surface area contributed by atoms with Crippen LogP contribution in [0.4, 0.5) is 23.2 Å². The maximum atomic E-state index is 12.8. The van der Waals surface area contributed by atoms with Gasteiger partial charge >= 0.3 is 12.1 Å².